The summed E-state index contributed by atoms with van der Waals surface area (Å²) in [7, 11) is 1.60. The van der Waals surface area contributed by atoms with Gasteiger partial charge in [-0.05, 0) is 42.7 Å². The molecule has 0 atom stereocenters. The number of rotatable bonds is 7. The second-order valence-electron chi connectivity index (χ2n) is 4.91. The molecule has 2 aromatic rings. The van der Waals surface area contributed by atoms with E-state index in [1.165, 1.54) is 5.56 Å². The van der Waals surface area contributed by atoms with Gasteiger partial charge < -0.3 is 14.8 Å². The molecule has 0 saturated heterocycles. The van der Waals surface area contributed by atoms with E-state index in [0.717, 1.165) is 17.7 Å². The van der Waals surface area contributed by atoms with E-state index < -0.39 is 0 Å². The number of nitrogens with one attached hydrogen (secondary N) is 1. The molecule has 0 aromatic heterocycles. The first kappa shape index (κ1) is 16.5. The number of benzene rings is 2. The Labute approximate surface area is 137 Å². The molecule has 0 aliphatic carbocycles. The Kier molecular flexibility index (Phi) is 5.96. The van der Waals surface area contributed by atoms with Gasteiger partial charge in [0.2, 0.25) is 0 Å². The van der Waals surface area contributed by atoms with Gasteiger partial charge in [-0.1, -0.05) is 36.7 Å². The molecule has 0 aliphatic rings. The fourth-order valence-electron chi connectivity index (χ4n) is 2.38. The summed E-state index contributed by atoms with van der Waals surface area (Å²) in [6.45, 7) is 5.34. The van der Waals surface area contributed by atoms with E-state index in [-0.39, 0.29) is 0 Å². The summed E-state index contributed by atoms with van der Waals surface area (Å²) in [5, 5.41) is 4.02. The van der Waals surface area contributed by atoms with Crippen molar-refractivity contribution in [2.24, 2.45) is 0 Å². The summed E-state index contributed by atoms with van der Waals surface area (Å²) in [6.07, 6.45) is 0.997. The first-order valence-electron chi connectivity index (χ1n) is 7.50. The summed E-state index contributed by atoms with van der Waals surface area (Å²) in [4.78, 5) is 0. The number of anilines is 1. The van der Waals surface area contributed by atoms with Crippen molar-refractivity contribution in [2.45, 2.75) is 26.8 Å². The van der Waals surface area contributed by atoms with Crippen molar-refractivity contribution in [1.29, 1.82) is 0 Å². The molecule has 2 aromatic carbocycles. The van der Waals surface area contributed by atoms with E-state index in [9.17, 15) is 0 Å². The van der Waals surface area contributed by atoms with Crippen LogP contribution in [0.4, 0.5) is 5.69 Å². The molecule has 0 radical (unpaired) electrons. The normalized spacial score (nSPS) is 10.4. The van der Waals surface area contributed by atoms with Crippen LogP contribution >= 0.6 is 11.6 Å². The predicted molar refractivity (Wildman–Crippen MR) is 92.3 cm³/mol. The molecule has 0 fully saturated rings. The molecule has 0 heterocycles. The highest BCUT2D eigenvalue weighted by Gasteiger charge is 2.11. The van der Waals surface area contributed by atoms with Crippen LogP contribution in [0.3, 0.4) is 0 Å². The fraction of sp³-hybridized carbons (Fsp3) is 0.333. The molecule has 0 amide bonds. The minimum atomic E-state index is 0.564. The van der Waals surface area contributed by atoms with Gasteiger partial charge in [0, 0.05) is 12.2 Å². The first-order valence-corrected chi connectivity index (χ1v) is 7.88. The third-order valence-corrected chi connectivity index (χ3v) is 3.74. The third kappa shape index (κ3) is 3.86. The zero-order valence-corrected chi connectivity index (χ0v) is 14.0. The molecule has 0 bridgehead atoms. The molecular weight excluding hydrogens is 298 g/mol. The van der Waals surface area contributed by atoms with Crippen LogP contribution in [0.5, 0.6) is 11.5 Å². The Morgan fingerprint density at radius 3 is 2.59 bits per heavy atom. The van der Waals surface area contributed by atoms with Gasteiger partial charge in [-0.25, -0.2) is 0 Å². The van der Waals surface area contributed by atoms with Crippen LogP contribution < -0.4 is 14.8 Å². The Balaban J connectivity index is 2.19. The van der Waals surface area contributed by atoms with Crippen molar-refractivity contribution < 1.29 is 9.47 Å². The van der Waals surface area contributed by atoms with Crippen LogP contribution in [-0.2, 0) is 13.0 Å². The van der Waals surface area contributed by atoms with Crippen LogP contribution in [0, 0.1) is 0 Å². The highest BCUT2D eigenvalue weighted by atomic mass is 35.5. The molecule has 0 spiro atoms. The molecule has 0 saturated carbocycles. The summed E-state index contributed by atoms with van der Waals surface area (Å²) >= 11 is 6.28. The molecule has 22 heavy (non-hydrogen) atoms. The van der Waals surface area contributed by atoms with Crippen molar-refractivity contribution >= 4 is 17.3 Å². The van der Waals surface area contributed by atoms with Crippen LogP contribution in [0.15, 0.2) is 36.4 Å². The first-order chi connectivity index (χ1) is 10.7. The lowest BCUT2D eigenvalue weighted by molar-refractivity contribution is 0.310. The maximum atomic E-state index is 6.28. The predicted octanol–water partition coefficient (Wildman–Crippen LogP) is 4.92. The molecule has 3 nitrogen and oxygen atoms in total. The molecule has 2 rings (SSSR count). The largest absolute Gasteiger partial charge is 0.491 e. The monoisotopic (exact) mass is 319 g/mol. The van der Waals surface area contributed by atoms with Gasteiger partial charge >= 0.3 is 0 Å². The number of hydrogen-bond donors (Lipinski definition) is 1. The number of halogens is 1. The van der Waals surface area contributed by atoms with E-state index in [2.05, 4.69) is 30.4 Å². The molecule has 118 valence electrons. The lowest BCUT2D eigenvalue weighted by atomic mass is 10.1. The van der Waals surface area contributed by atoms with Crippen LogP contribution in [0.25, 0.3) is 0 Å². The van der Waals surface area contributed by atoms with Gasteiger partial charge in [0.05, 0.1) is 18.7 Å². The van der Waals surface area contributed by atoms with E-state index >= 15 is 0 Å². The van der Waals surface area contributed by atoms with Gasteiger partial charge in [-0.15, -0.1) is 0 Å². The maximum Gasteiger partial charge on any atom is 0.179 e. The Hall–Kier alpha value is -1.87. The second kappa shape index (κ2) is 7.95. The van der Waals surface area contributed by atoms with Crippen molar-refractivity contribution in [3.8, 4) is 11.5 Å². The Morgan fingerprint density at radius 2 is 1.91 bits per heavy atom. The number of ether oxygens (including phenoxy) is 2. The summed E-state index contributed by atoms with van der Waals surface area (Å²) in [5.74, 6) is 1.26. The minimum absolute atomic E-state index is 0.564. The van der Waals surface area contributed by atoms with E-state index in [1.807, 2.05) is 25.1 Å². The lowest BCUT2D eigenvalue weighted by Gasteiger charge is -2.15. The van der Waals surface area contributed by atoms with E-state index in [4.69, 9.17) is 21.1 Å². The fourth-order valence-corrected chi connectivity index (χ4v) is 2.69. The Morgan fingerprint density at radius 1 is 1.14 bits per heavy atom. The molecular formula is C18H22ClNO2. The standard InChI is InChI=1S/C18H22ClNO2/c1-4-14-8-6-7-9-16(14)20-12-13-10-15(19)18(21-3)17(11-13)22-5-2/h6-11,20H,4-5,12H2,1-3H3. The topological polar surface area (TPSA) is 30.5 Å². The number of hydrogen-bond acceptors (Lipinski definition) is 3. The second-order valence-corrected chi connectivity index (χ2v) is 5.31. The third-order valence-electron chi connectivity index (χ3n) is 3.45. The van der Waals surface area contributed by atoms with Crippen LogP contribution in [0.1, 0.15) is 25.0 Å². The molecule has 4 heteroatoms. The van der Waals surface area contributed by atoms with Crippen molar-refractivity contribution in [3.05, 3.63) is 52.5 Å². The number of methoxy groups -OCH3 is 1. The van der Waals surface area contributed by atoms with Crippen LogP contribution in [0.2, 0.25) is 5.02 Å². The number of para-hydroxylation sites is 1. The van der Waals surface area contributed by atoms with Gasteiger partial charge in [0.25, 0.3) is 0 Å². The maximum absolute atomic E-state index is 6.28. The summed E-state index contributed by atoms with van der Waals surface area (Å²) in [5.41, 5.74) is 3.50. The highest BCUT2D eigenvalue weighted by molar-refractivity contribution is 6.32. The van der Waals surface area contributed by atoms with Gasteiger partial charge in [0.15, 0.2) is 11.5 Å². The Bertz CT molecular complexity index is 628. The van der Waals surface area contributed by atoms with Gasteiger partial charge in [-0.2, -0.15) is 0 Å². The SMILES string of the molecule is CCOc1cc(CNc2ccccc2CC)cc(Cl)c1OC. The molecule has 0 aliphatic heterocycles. The minimum Gasteiger partial charge on any atom is -0.491 e. The van der Waals surface area contributed by atoms with Gasteiger partial charge in [-0.3, -0.25) is 0 Å². The molecule has 0 unspecified atom stereocenters. The average Bonchev–Trinajstić information content (AvgIpc) is 2.53. The van der Waals surface area contributed by atoms with E-state index in [1.54, 1.807) is 7.11 Å². The smallest absolute Gasteiger partial charge is 0.179 e. The van der Waals surface area contributed by atoms with E-state index in [0.29, 0.717) is 29.7 Å². The summed E-state index contributed by atoms with van der Waals surface area (Å²) < 4.78 is 10.9. The summed E-state index contributed by atoms with van der Waals surface area (Å²) in [6, 6.07) is 12.2. The quantitative estimate of drug-likeness (QED) is 0.785. The molecule has 1 N–H and O–H groups in total. The average molecular weight is 320 g/mol. The highest BCUT2D eigenvalue weighted by Crippen LogP contribution is 2.36. The zero-order valence-electron chi connectivity index (χ0n) is 13.3. The van der Waals surface area contributed by atoms with Gasteiger partial charge in [0.1, 0.15) is 0 Å². The lowest BCUT2D eigenvalue weighted by Crippen LogP contribution is -2.04. The van der Waals surface area contributed by atoms with Crippen molar-refractivity contribution in [3.63, 3.8) is 0 Å². The van der Waals surface area contributed by atoms with Crippen molar-refractivity contribution in [2.75, 3.05) is 19.0 Å². The van der Waals surface area contributed by atoms with Crippen molar-refractivity contribution in [1.82, 2.24) is 0 Å². The number of aryl methyl sites for hydroxylation is 1. The zero-order chi connectivity index (χ0) is 15.9. The van der Waals surface area contributed by atoms with Crippen LogP contribution in [-0.4, -0.2) is 13.7 Å².